The number of rotatable bonds is 9. The molecule has 4 aromatic rings. The molecule has 0 saturated carbocycles. The van der Waals surface area contributed by atoms with Gasteiger partial charge in [-0.25, -0.2) is 4.79 Å². The summed E-state index contributed by atoms with van der Waals surface area (Å²) in [7, 11) is 1.46. The number of halogens is 2. The SMILES string of the molecule is C/C=C(\C=C/N(C)C(=O)NS(=O)[O-])c1ccc2cc(OCc3c(-c4c(Cl)cccc4Cl)noc3C(C)C)ccc2c1. The second-order valence-electron chi connectivity index (χ2n) is 9.45. The number of benzene rings is 3. The van der Waals surface area contributed by atoms with Crippen molar-refractivity contribution >= 4 is 56.8 Å². The lowest BCUT2D eigenvalue weighted by Gasteiger charge is -2.15. The van der Waals surface area contributed by atoms with Crippen LogP contribution in [0.4, 0.5) is 4.79 Å². The van der Waals surface area contributed by atoms with Gasteiger partial charge in [0, 0.05) is 36.0 Å². The van der Waals surface area contributed by atoms with Gasteiger partial charge < -0.3 is 18.7 Å². The summed E-state index contributed by atoms with van der Waals surface area (Å²) >= 11 is 10.2. The van der Waals surface area contributed by atoms with Crippen molar-refractivity contribution in [3.63, 3.8) is 0 Å². The van der Waals surface area contributed by atoms with Crippen LogP contribution in [-0.2, 0) is 17.9 Å². The molecule has 0 bridgehead atoms. The zero-order valence-corrected chi connectivity index (χ0v) is 25.1. The second kappa shape index (κ2) is 13.4. The Morgan fingerprint density at radius 2 is 1.83 bits per heavy atom. The van der Waals surface area contributed by atoms with Crippen molar-refractivity contribution in [2.24, 2.45) is 0 Å². The van der Waals surface area contributed by atoms with Gasteiger partial charge >= 0.3 is 6.03 Å². The highest BCUT2D eigenvalue weighted by Crippen LogP contribution is 2.39. The maximum absolute atomic E-state index is 11.8. The van der Waals surface area contributed by atoms with Gasteiger partial charge in [0.1, 0.15) is 23.8 Å². The molecule has 0 spiro atoms. The van der Waals surface area contributed by atoms with E-state index >= 15 is 0 Å². The van der Waals surface area contributed by atoms with Gasteiger partial charge in [-0.1, -0.05) is 72.5 Å². The number of nitrogens with zero attached hydrogens (tertiary/aromatic N) is 2. The molecule has 1 atom stereocenters. The summed E-state index contributed by atoms with van der Waals surface area (Å²) in [4.78, 5) is 13.0. The van der Waals surface area contributed by atoms with Crippen LogP contribution < -0.4 is 9.46 Å². The number of hydrogen-bond donors (Lipinski definition) is 1. The van der Waals surface area contributed by atoms with Gasteiger partial charge in [0.15, 0.2) is 0 Å². The van der Waals surface area contributed by atoms with E-state index in [4.69, 9.17) is 32.5 Å². The standard InChI is InChI=1S/C30H29Cl2N3O5S/c1-5-19(13-14-35(4)30(36)34-41(37)38)20-9-10-22-16-23(12-11-21(22)15-20)39-17-24-28(33-40-29(24)18(2)3)27-25(31)7-6-8-26(27)32/h5-16,18H,17H2,1-4H3,(H,34,36)(H,37,38)/p-1/b14-13-,19-5+. The van der Waals surface area contributed by atoms with Crippen LogP contribution in [0.2, 0.25) is 10.0 Å². The molecule has 4 rings (SSSR count). The Morgan fingerprint density at radius 3 is 2.49 bits per heavy atom. The third-order valence-corrected chi connectivity index (χ3v) is 7.32. The molecule has 8 nitrogen and oxygen atoms in total. The van der Waals surface area contributed by atoms with Crippen LogP contribution >= 0.6 is 23.2 Å². The van der Waals surface area contributed by atoms with Gasteiger partial charge in [-0.2, -0.15) is 0 Å². The van der Waals surface area contributed by atoms with Gasteiger partial charge in [0.25, 0.3) is 0 Å². The number of amides is 2. The Morgan fingerprint density at radius 1 is 1.15 bits per heavy atom. The maximum Gasteiger partial charge on any atom is 0.332 e. The normalized spacial score (nSPS) is 12.7. The number of carbonyl (C=O) groups is 1. The fraction of sp³-hybridized carbons (Fsp3) is 0.200. The monoisotopic (exact) mass is 612 g/mol. The summed E-state index contributed by atoms with van der Waals surface area (Å²) in [6.45, 7) is 6.14. The van der Waals surface area contributed by atoms with Gasteiger partial charge in [-0.15, -0.1) is 0 Å². The zero-order chi connectivity index (χ0) is 29.7. The number of allylic oxidation sites excluding steroid dienone is 3. The lowest BCUT2D eigenvalue weighted by atomic mass is 10.0. The van der Waals surface area contributed by atoms with Gasteiger partial charge in [0.2, 0.25) is 0 Å². The molecule has 0 aliphatic carbocycles. The van der Waals surface area contributed by atoms with Crippen LogP contribution in [-0.4, -0.2) is 31.9 Å². The first-order valence-electron chi connectivity index (χ1n) is 12.7. The molecule has 11 heteroatoms. The lowest BCUT2D eigenvalue weighted by molar-refractivity contribution is 0.227. The van der Waals surface area contributed by atoms with Crippen LogP contribution in [0.15, 0.2) is 77.5 Å². The number of ether oxygens (including phenoxy) is 1. The van der Waals surface area contributed by atoms with E-state index in [-0.39, 0.29) is 12.5 Å². The highest BCUT2D eigenvalue weighted by Gasteiger charge is 2.24. The topological polar surface area (TPSA) is 108 Å². The minimum atomic E-state index is -2.68. The van der Waals surface area contributed by atoms with E-state index in [1.54, 1.807) is 29.0 Å². The number of carbonyl (C=O) groups excluding carboxylic acids is 1. The summed E-state index contributed by atoms with van der Waals surface area (Å²) in [6, 6.07) is 16.3. The van der Waals surface area contributed by atoms with Crippen molar-refractivity contribution in [1.82, 2.24) is 14.8 Å². The summed E-state index contributed by atoms with van der Waals surface area (Å²) < 4.78 is 35.1. The van der Waals surface area contributed by atoms with Crippen LogP contribution in [0.25, 0.3) is 27.6 Å². The molecule has 2 amide bonds. The molecule has 3 aromatic carbocycles. The summed E-state index contributed by atoms with van der Waals surface area (Å²) in [5.41, 5.74) is 3.74. The Hall–Kier alpha value is -3.63. The van der Waals surface area contributed by atoms with Crippen molar-refractivity contribution in [2.45, 2.75) is 33.3 Å². The average molecular weight is 614 g/mol. The highest BCUT2D eigenvalue weighted by molar-refractivity contribution is 7.77. The molecular weight excluding hydrogens is 585 g/mol. The van der Waals surface area contributed by atoms with Crippen LogP contribution in [0.1, 0.15) is 43.6 Å². The molecule has 0 aliphatic heterocycles. The molecule has 1 heterocycles. The molecule has 0 fully saturated rings. The number of nitrogens with one attached hydrogen (secondary N) is 1. The van der Waals surface area contributed by atoms with Crippen molar-refractivity contribution < 1.29 is 22.8 Å². The number of urea groups is 1. The fourth-order valence-corrected chi connectivity index (χ4v) is 5.11. The van der Waals surface area contributed by atoms with Crippen molar-refractivity contribution in [3.8, 4) is 17.0 Å². The quantitative estimate of drug-likeness (QED) is 0.152. The maximum atomic E-state index is 11.8. The van der Waals surface area contributed by atoms with Gasteiger partial charge in [0.05, 0.1) is 15.6 Å². The van der Waals surface area contributed by atoms with Crippen LogP contribution in [0.3, 0.4) is 0 Å². The predicted molar refractivity (Wildman–Crippen MR) is 162 cm³/mol. The van der Waals surface area contributed by atoms with E-state index in [0.29, 0.717) is 32.8 Å². The van der Waals surface area contributed by atoms with E-state index < -0.39 is 17.3 Å². The number of aromatic nitrogens is 1. The zero-order valence-electron chi connectivity index (χ0n) is 22.8. The largest absolute Gasteiger partial charge is 0.755 e. The van der Waals surface area contributed by atoms with Gasteiger partial charge in [-0.05, 0) is 65.2 Å². The van der Waals surface area contributed by atoms with Crippen LogP contribution in [0, 0.1) is 0 Å². The molecule has 1 N–H and O–H groups in total. The summed E-state index contributed by atoms with van der Waals surface area (Å²) in [5.74, 6) is 1.45. The fourth-order valence-electron chi connectivity index (χ4n) is 4.25. The molecule has 0 saturated heterocycles. The van der Waals surface area contributed by atoms with E-state index in [1.807, 2.05) is 63.2 Å². The minimum absolute atomic E-state index is 0.0748. The van der Waals surface area contributed by atoms with Gasteiger partial charge in [-0.3, -0.25) is 8.93 Å². The molecule has 1 aromatic heterocycles. The van der Waals surface area contributed by atoms with E-state index in [1.165, 1.54) is 13.2 Å². The molecule has 214 valence electrons. The highest BCUT2D eigenvalue weighted by atomic mass is 35.5. The van der Waals surface area contributed by atoms with E-state index in [2.05, 4.69) is 5.16 Å². The van der Waals surface area contributed by atoms with Crippen molar-refractivity contribution in [3.05, 3.63) is 99.9 Å². The number of fused-ring (bicyclic) bond motifs is 1. The first-order chi connectivity index (χ1) is 19.6. The smallest absolute Gasteiger partial charge is 0.332 e. The Balaban J connectivity index is 1.55. The van der Waals surface area contributed by atoms with E-state index in [9.17, 15) is 13.6 Å². The molecule has 0 aliphatic rings. The van der Waals surface area contributed by atoms with E-state index in [0.717, 1.165) is 32.4 Å². The third kappa shape index (κ3) is 7.18. The van der Waals surface area contributed by atoms with Crippen molar-refractivity contribution in [2.75, 3.05) is 7.05 Å². The second-order valence-corrected chi connectivity index (χ2v) is 10.9. The Bertz CT molecular complexity index is 1650. The Kier molecular flexibility index (Phi) is 9.88. The summed E-state index contributed by atoms with van der Waals surface area (Å²) in [6.07, 6.45) is 5.14. The molecule has 0 radical (unpaired) electrons. The Labute approximate surface area is 251 Å². The third-order valence-electron chi connectivity index (χ3n) is 6.35. The average Bonchev–Trinajstić information content (AvgIpc) is 3.35. The van der Waals surface area contributed by atoms with Crippen molar-refractivity contribution in [1.29, 1.82) is 0 Å². The molecule has 41 heavy (non-hydrogen) atoms. The first-order valence-corrected chi connectivity index (χ1v) is 14.5. The van der Waals surface area contributed by atoms with Crippen LogP contribution in [0.5, 0.6) is 5.75 Å². The molecule has 1 unspecified atom stereocenters. The molecular formula is C30H28Cl2N3O5S-. The predicted octanol–water partition coefficient (Wildman–Crippen LogP) is 7.86. The minimum Gasteiger partial charge on any atom is -0.755 e. The first kappa shape index (κ1) is 30.3. The summed E-state index contributed by atoms with van der Waals surface area (Å²) in [5, 5.41) is 7.21. The lowest BCUT2D eigenvalue weighted by Crippen LogP contribution is -2.34. The number of hydrogen-bond acceptors (Lipinski definition) is 6.